The summed E-state index contributed by atoms with van der Waals surface area (Å²) in [6.07, 6.45) is 10.1. The Balaban J connectivity index is 1.49. The van der Waals surface area contributed by atoms with Crippen molar-refractivity contribution in [3.05, 3.63) is 0 Å². The molecule has 7 heteroatoms. The first-order valence-electron chi connectivity index (χ1n) is 11.6. The number of amides is 3. The number of hydrogen-bond donors (Lipinski definition) is 1. The van der Waals surface area contributed by atoms with Gasteiger partial charge in [-0.1, -0.05) is 19.3 Å². The van der Waals surface area contributed by atoms with Crippen LogP contribution in [0.4, 0.5) is 4.79 Å². The number of ether oxygens (including phenoxy) is 1. The van der Waals surface area contributed by atoms with Crippen LogP contribution in [0.5, 0.6) is 0 Å². The van der Waals surface area contributed by atoms with Crippen LogP contribution < -0.4 is 5.32 Å². The maximum Gasteiger partial charge on any atom is 0.319 e. The van der Waals surface area contributed by atoms with E-state index in [1.54, 1.807) is 4.90 Å². The monoisotopic (exact) mass is 408 g/mol. The van der Waals surface area contributed by atoms with Crippen molar-refractivity contribution >= 4 is 11.9 Å². The number of carbonyl (C=O) groups is 2. The van der Waals surface area contributed by atoms with Crippen LogP contribution in [0.1, 0.15) is 57.8 Å². The van der Waals surface area contributed by atoms with E-state index >= 15 is 0 Å². The van der Waals surface area contributed by atoms with Gasteiger partial charge in [0.05, 0.1) is 0 Å². The lowest BCUT2D eigenvalue weighted by molar-refractivity contribution is -0.122. The summed E-state index contributed by atoms with van der Waals surface area (Å²) in [4.78, 5) is 30.9. The van der Waals surface area contributed by atoms with E-state index in [-0.39, 0.29) is 11.9 Å². The molecule has 0 spiro atoms. The van der Waals surface area contributed by atoms with Crippen LogP contribution in [0.25, 0.3) is 0 Å². The second-order valence-corrected chi connectivity index (χ2v) is 9.21. The third-order valence-electron chi connectivity index (χ3n) is 6.84. The minimum Gasteiger partial charge on any atom is -0.381 e. The molecule has 0 bridgehead atoms. The quantitative estimate of drug-likeness (QED) is 0.702. The van der Waals surface area contributed by atoms with E-state index in [9.17, 15) is 9.59 Å². The molecule has 1 N–H and O–H groups in total. The Labute approximate surface area is 176 Å². The van der Waals surface area contributed by atoms with E-state index < -0.39 is 0 Å². The van der Waals surface area contributed by atoms with Crippen LogP contribution in [0.3, 0.4) is 0 Å². The van der Waals surface area contributed by atoms with Crippen molar-refractivity contribution in [3.8, 4) is 0 Å². The molecule has 1 atom stereocenters. The molecule has 0 aromatic carbocycles. The molecular formula is C22H40N4O3. The fourth-order valence-corrected chi connectivity index (χ4v) is 5.20. The van der Waals surface area contributed by atoms with E-state index in [0.29, 0.717) is 31.0 Å². The molecule has 3 fully saturated rings. The van der Waals surface area contributed by atoms with Gasteiger partial charge in [-0.2, -0.15) is 0 Å². The van der Waals surface area contributed by atoms with Gasteiger partial charge in [0.25, 0.3) is 0 Å². The zero-order valence-corrected chi connectivity index (χ0v) is 18.4. The zero-order valence-electron chi connectivity index (χ0n) is 18.4. The van der Waals surface area contributed by atoms with Crippen molar-refractivity contribution in [2.45, 2.75) is 69.9 Å². The smallest absolute Gasteiger partial charge is 0.319 e. The first-order valence-corrected chi connectivity index (χ1v) is 11.6. The Hall–Kier alpha value is -1.34. The SMILES string of the molecule is CN(C)C(=O)N1CCC(N(CCNC(=O)CC2CCCCC2)C2CCOCC2)C1. The Bertz CT molecular complexity index is 530. The fraction of sp³-hybridized carbons (Fsp3) is 0.909. The average Bonchev–Trinajstić information content (AvgIpc) is 3.21. The number of urea groups is 1. The molecule has 2 heterocycles. The van der Waals surface area contributed by atoms with Crippen molar-refractivity contribution in [3.63, 3.8) is 0 Å². The van der Waals surface area contributed by atoms with Gasteiger partial charge < -0.3 is 19.9 Å². The lowest BCUT2D eigenvalue weighted by Gasteiger charge is -2.38. The second-order valence-electron chi connectivity index (χ2n) is 9.21. The molecule has 0 aromatic heterocycles. The third kappa shape index (κ3) is 6.57. The van der Waals surface area contributed by atoms with Gasteiger partial charge in [-0.3, -0.25) is 9.69 Å². The Morgan fingerprint density at radius 2 is 1.72 bits per heavy atom. The molecule has 0 aromatic rings. The van der Waals surface area contributed by atoms with Crippen LogP contribution in [0, 0.1) is 5.92 Å². The highest BCUT2D eigenvalue weighted by molar-refractivity contribution is 5.76. The molecule has 1 aliphatic carbocycles. The maximum atomic E-state index is 12.4. The van der Waals surface area contributed by atoms with Gasteiger partial charge in [-0.15, -0.1) is 0 Å². The summed E-state index contributed by atoms with van der Waals surface area (Å²) in [5.41, 5.74) is 0. The number of rotatable bonds is 7. The first-order chi connectivity index (χ1) is 14.0. The topological polar surface area (TPSA) is 65.1 Å². The lowest BCUT2D eigenvalue weighted by Crippen LogP contribution is -2.50. The molecule has 1 unspecified atom stereocenters. The van der Waals surface area contributed by atoms with Crippen LogP contribution in [0.2, 0.25) is 0 Å². The number of nitrogens with one attached hydrogen (secondary N) is 1. The Morgan fingerprint density at radius 1 is 1.00 bits per heavy atom. The van der Waals surface area contributed by atoms with Crippen LogP contribution >= 0.6 is 0 Å². The maximum absolute atomic E-state index is 12.4. The molecule has 1 saturated carbocycles. The number of hydrogen-bond acceptors (Lipinski definition) is 4. The minimum absolute atomic E-state index is 0.0974. The third-order valence-corrected chi connectivity index (χ3v) is 6.84. The summed E-state index contributed by atoms with van der Waals surface area (Å²) in [6.45, 7) is 4.77. The van der Waals surface area contributed by atoms with E-state index in [1.807, 2.05) is 19.0 Å². The second kappa shape index (κ2) is 11.2. The first kappa shape index (κ1) is 22.3. The molecular weight excluding hydrogens is 368 g/mol. The predicted octanol–water partition coefficient (Wildman–Crippen LogP) is 2.31. The number of carbonyl (C=O) groups excluding carboxylic acids is 2. The van der Waals surface area contributed by atoms with Gasteiger partial charge in [0.2, 0.25) is 5.91 Å². The predicted molar refractivity (Wildman–Crippen MR) is 114 cm³/mol. The van der Waals surface area contributed by atoms with Crippen molar-refractivity contribution in [1.29, 1.82) is 0 Å². The van der Waals surface area contributed by atoms with Gasteiger partial charge >= 0.3 is 6.03 Å². The molecule has 3 rings (SSSR count). The van der Waals surface area contributed by atoms with E-state index in [4.69, 9.17) is 4.74 Å². The molecule has 29 heavy (non-hydrogen) atoms. The highest BCUT2D eigenvalue weighted by atomic mass is 16.5. The van der Waals surface area contributed by atoms with Gasteiger partial charge in [-0.25, -0.2) is 4.79 Å². The summed E-state index contributed by atoms with van der Waals surface area (Å²) >= 11 is 0. The Morgan fingerprint density at radius 3 is 2.41 bits per heavy atom. The summed E-state index contributed by atoms with van der Waals surface area (Å²) < 4.78 is 5.56. The average molecular weight is 409 g/mol. The van der Waals surface area contributed by atoms with Gasteiger partial charge in [0.15, 0.2) is 0 Å². The number of likely N-dealkylation sites (tertiary alicyclic amines) is 1. The van der Waals surface area contributed by atoms with E-state index in [0.717, 1.165) is 52.1 Å². The summed E-state index contributed by atoms with van der Waals surface area (Å²) in [5, 5.41) is 3.17. The minimum atomic E-state index is 0.0974. The van der Waals surface area contributed by atoms with Crippen LogP contribution in [-0.4, -0.2) is 92.2 Å². The molecule has 0 radical (unpaired) electrons. The van der Waals surface area contributed by atoms with Crippen LogP contribution in [-0.2, 0) is 9.53 Å². The highest BCUT2D eigenvalue weighted by Crippen LogP contribution is 2.26. The highest BCUT2D eigenvalue weighted by Gasteiger charge is 2.34. The van der Waals surface area contributed by atoms with Gasteiger partial charge in [0.1, 0.15) is 0 Å². The van der Waals surface area contributed by atoms with Gasteiger partial charge in [-0.05, 0) is 38.0 Å². The fourth-order valence-electron chi connectivity index (χ4n) is 5.20. The van der Waals surface area contributed by atoms with Crippen molar-refractivity contribution in [1.82, 2.24) is 20.0 Å². The van der Waals surface area contributed by atoms with Crippen LogP contribution in [0.15, 0.2) is 0 Å². The largest absolute Gasteiger partial charge is 0.381 e. The van der Waals surface area contributed by atoms with Gasteiger partial charge in [0, 0.05) is 72.0 Å². The molecule has 166 valence electrons. The van der Waals surface area contributed by atoms with E-state index in [1.165, 1.54) is 32.1 Å². The molecule has 2 aliphatic heterocycles. The van der Waals surface area contributed by atoms with Crippen molar-refractivity contribution in [2.75, 3.05) is 53.5 Å². The summed E-state index contributed by atoms with van der Waals surface area (Å²) in [5.74, 6) is 0.787. The standard InChI is InChI=1S/C22H40N4O3/c1-24(2)22(28)25-12-8-20(17-25)26(19-9-14-29-15-10-19)13-11-23-21(27)16-18-6-4-3-5-7-18/h18-20H,3-17H2,1-2H3,(H,23,27). The molecule has 3 amide bonds. The molecule has 3 aliphatic rings. The normalized spacial score (nSPS) is 24.1. The summed E-state index contributed by atoms with van der Waals surface area (Å²) in [6, 6.07) is 0.955. The van der Waals surface area contributed by atoms with Crippen molar-refractivity contribution < 1.29 is 14.3 Å². The Kier molecular flexibility index (Phi) is 8.60. The lowest BCUT2D eigenvalue weighted by atomic mass is 9.87. The molecule has 7 nitrogen and oxygen atoms in total. The van der Waals surface area contributed by atoms with E-state index in [2.05, 4.69) is 10.2 Å². The molecule has 2 saturated heterocycles. The zero-order chi connectivity index (χ0) is 20.6. The summed E-state index contributed by atoms with van der Waals surface area (Å²) in [7, 11) is 3.63. The van der Waals surface area contributed by atoms with Crippen molar-refractivity contribution in [2.24, 2.45) is 5.92 Å². The number of nitrogens with zero attached hydrogens (tertiary/aromatic N) is 3.